The zero-order chi connectivity index (χ0) is 10.2. The number of halogens is 3. The molecule has 74 valence electrons. The van der Waals surface area contributed by atoms with Gasteiger partial charge in [0.2, 0.25) is 0 Å². The van der Waals surface area contributed by atoms with Crippen LogP contribution in [0.15, 0.2) is 0 Å². The summed E-state index contributed by atoms with van der Waals surface area (Å²) in [5.41, 5.74) is 0. The van der Waals surface area contributed by atoms with Crippen molar-refractivity contribution < 1.29 is 27.9 Å². The highest BCUT2D eigenvalue weighted by atomic mass is 32.2. The van der Waals surface area contributed by atoms with Gasteiger partial charge in [-0.15, -0.1) is 11.8 Å². The lowest BCUT2D eigenvalue weighted by molar-refractivity contribution is -0.175. The highest BCUT2D eigenvalue weighted by molar-refractivity contribution is 8.01. The molecule has 0 saturated carbocycles. The molecule has 0 aromatic rings. The predicted octanol–water partition coefficient (Wildman–Crippen LogP) is 0.934. The van der Waals surface area contributed by atoms with E-state index in [-0.39, 0.29) is 0 Å². The van der Waals surface area contributed by atoms with Gasteiger partial charge in [-0.1, -0.05) is 0 Å². The Morgan fingerprint density at radius 1 is 1.54 bits per heavy atom. The van der Waals surface area contributed by atoms with Gasteiger partial charge < -0.3 is 5.11 Å². The van der Waals surface area contributed by atoms with Gasteiger partial charge in [-0.2, -0.15) is 13.2 Å². The lowest BCUT2D eigenvalue weighted by Crippen LogP contribution is -2.34. The average molecular weight is 214 g/mol. The molecule has 1 aliphatic rings. The third-order valence-electron chi connectivity index (χ3n) is 1.65. The second-order valence-electron chi connectivity index (χ2n) is 2.55. The van der Waals surface area contributed by atoms with Crippen molar-refractivity contribution in [2.45, 2.75) is 11.4 Å². The second-order valence-corrected chi connectivity index (χ2v) is 3.69. The first-order valence-electron chi connectivity index (χ1n) is 3.29. The van der Waals surface area contributed by atoms with E-state index in [1.54, 1.807) is 0 Å². The van der Waals surface area contributed by atoms with E-state index in [0.29, 0.717) is 11.8 Å². The second kappa shape index (κ2) is 3.21. The largest absolute Gasteiger partial charge is 0.480 e. The van der Waals surface area contributed by atoms with E-state index in [9.17, 15) is 22.8 Å². The number of aliphatic carboxylic acids is 1. The molecule has 1 N–H and O–H groups in total. The highest BCUT2D eigenvalue weighted by Crippen LogP contribution is 2.38. The maximum atomic E-state index is 12.0. The minimum Gasteiger partial charge on any atom is -0.480 e. The van der Waals surface area contributed by atoms with Crippen molar-refractivity contribution >= 4 is 23.5 Å². The molecule has 0 aromatic carbocycles. The fourth-order valence-electron chi connectivity index (χ4n) is 0.988. The third-order valence-corrected chi connectivity index (χ3v) is 2.94. The molecule has 0 radical (unpaired) electrons. The molecule has 13 heavy (non-hydrogen) atoms. The fraction of sp³-hybridized carbons (Fsp3) is 0.667. The van der Waals surface area contributed by atoms with Crippen LogP contribution in [-0.2, 0) is 9.59 Å². The Hall–Kier alpha value is -0.720. The summed E-state index contributed by atoms with van der Waals surface area (Å²) in [5.74, 6) is -5.34. The van der Waals surface area contributed by atoms with E-state index in [0.717, 1.165) is 0 Å². The Balaban J connectivity index is 2.77. The summed E-state index contributed by atoms with van der Waals surface area (Å²) >= 11 is 0.524. The Bertz CT molecular complexity index is 250. The summed E-state index contributed by atoms with van der Waals surface area (Å²) < 4.78 is 36.1. The van der Waals surface area contributed by atoms with E-state index in [1.165, 1.54) is 0 Å². The first-order chi connectivity index (χ1) is 5.84. The van der Waals surface area contributed by atoms with E-state index < -0.39 is 34.8 Å². The number of hydrogen-bond acceptors (Lipinski definition) is 3. The summed E-state index contributed by atoms with van der Waals surface area (Å²) in [6, 6.07) is 0. The van der Waals surface area contributed by atoms with Gasteiger partial charge >= 0.3 is 12.1 Å². The molecule has 0 aliphatic carbocycles. The van der Waals surface area contributed by atoms with Gasteiger partial charge in [-0.05, 0) is 0 Å². The molecular weight excluding hydrogens is 209 g/mol. The van der Waals surface area contributed by atoms with Crippen molar-refractivity contribution in [2.75, 3.05) is 5.75 Å². The van der Waals surface area contributed by atoms with Crippen LogP contribution in [0.5, 0.6) is 0 Å². The van der Waals surface area contributed by atoms with Crippen molar-refractivity contribution in [3.8, 4) is 0 Å². The number of Topliss-reactive ketones (excluding diaryl/α,β-unsaturated/α-hetero) is 1. The van der Waals surface area contributed by atoms with Crippen molar-refractivity contribution in [1.82, 2.24) is 0 Å². The first kappa shape index (κ1) is 10.4. The third kappa shape index (κ3) is 1.96. The van der Waals surface area contributed by atoms with Gasteiger partial charge in [0.25, 0.3) is 0 Å². The molecule has 0 amide bonds. The molecule has 1 fully saturated rings. The van der Waals surface area contributed by atoms with E-state index >= 15 is 0 Å². The number of thioether (sulfide) groups is 1. The molecule has 0 spiro atoms. The summed E-state index contributed by atoms with van der Waals surface area (Å²) in [6.45, 7) is 0. The zero-order valence-corrected chi connectivity index (χ0v) is 6.98. The van der Waals surface area contributed by atoms with Gasteiger partial charge in [0.1, 0.15) is 5.92 Å². The van der Waals surface area contributed by atoms with E-state index in [2.05, 4.69) is 0 Å². The zero-order valence-electron chi connectivity index (χ0n) is 6.17. The summed E-state index contributed by atoms with van der Waals surface area (Å²) in [7, 11) is 0. The lowest BCUT2D eigenvalue weighted by atomic mass is 10.0. The maximum absolute atomic E-state index is 12.0. The molecule has 1 rings (SSSR count). The van der Waals surface area contributed by atoms with Gasteiger partial charge in [0.05, 0.1) is 0 Å². The highest BCUT2D eigenvalue weighted by Gasteiger charge is 2.53. The average Bonchev–Trinajstić information content (AvgIpc) is 2.28. The molecule has 0 bridgehead atoms. The first-order valence-corrected chi connectivity index (χ1v) is 4.33. The maximum Gasteiger partial charge on any atom is 0.399 e. The number of hydrogen-bond donors (Lipinski definition) is 1. The lowest BCUT2D eigenvalue weighted by Gasteiger charge is -2.11. The molecule has 2 atom stereocenters. The number of carboxylic acids is 1. The topological polar surface area (TPSA) is 54.4 Å². The van der Waals surface area contributed by atoms with Gasteiger partial charge in [-0.25, -0.2) is 0 Å². The van der Waals surface area contributed by atoms with Gasteiger partial charge in [0, 0.05) is 5.75 Å². The summed E-state index contributed by atoms with van der Waals surface area (Å²) in [4.78, 5) is 21.1. The Morgan fingerprint density at radius 3 is 2.31 bits per heavy atom. The SMILES string of the molecule is O=C(O)C1SCC(C(F)(F)F)C1=O. The fourth-order valence-corrected chi connectivity index (χ4v) is 2.20. The number of rotatable bonds is 1. The van der Waals surface area contributed by atoms with Crippen LogP contribution in [0, 0.1) is 5.92 Å². The van der Waals surface area contributed by atoms with Crippen LogP contribution in [0.25, 0.3) is 0 Å². The Morgan fingerprint density at radius 2 is 2.08 bits per heavy atom. The summed E-state index contributed by atoms with van der Waals surface area (Å²) in [5, 5.41) is 6.81. The molecular formula is C6H5F3O3S. The standard InChI is InChI=1S/C6H5F3O3S/c7-6(8,9)2-1-13-4(3(2)10)5(11)12/h2,4H,1H2,(H,11,12). The van der Waals surface area contributed by atoms with Crippen LogP contribution in [0.1, 0.15) is 0 Å². The minimum absolute atomic E-state index is 0.487. The number of ketones is 1. The molecule has 2 unspecified atom stereocenters. The van der Waals surface area contributed by atoms with Crippen molar-refractivity contribution in [1.29, 1.82) is 0 Å². The van der Waals surface area contributed by atoms with Crippen molar-refractivity contribution in [2.24, 2.45) is 5.92 Å². The van der Waals surface area contributed by atoms with Crippen LogP contribution in [0.4, 0.5) is 13.2 Å². The van der Waals surface area contributed by atoms with Gasteiger partial charge in [0.15, 0.2) is 11.0 Å². The number of carbonyl (C=O) groups excluding carboxylic acids is 1. The predicted molar refractivity (Wildman–Crippen MR) is 38.4 cm³/mol. The van der Waals surface area contributed by atoms with E-state index in [4.69, 9.17) is 5.11 Å². The molecule has 1 aliphatic heterocycles. The smallest absolute Gasteiger partial charge is 0.399 e. The molecule has 0 aromatic heterocycles. The van der Waals surface area contributed by atoms with Crippen LogP contribution in [-0.4, -0.2) is 34.0 Å². The summed E-state index contributed by atoms with van der Waals surface area (Å²) in [6.07, 6.45) is -4.62. The minimum atomic E-state index is -4.62. The van der Waals surface area contributed by atoms with Crippen LogP contribution < -0.4 is 0 Å². The number of alkyl halides is 3. The van der Waals surface area contributed by atoms with Crippen LogP contribution in [0.3, 0.4) is 0 Å². The van der Waals surface area contributed by atoms with Crippen molar-refractivity contribution in [3.63, 3.8) is 0 Å². The normalized spacial score (nSPS) is 29.3. The quantitative estimate of drug-likeness (QED) is 0.660. The molecule has 7 heteroatoms. The molecule has 3 nitrogen and oxygen atoms in total. The Labute approximate surface area is 75.3 Å². The van der Waals surface area contributed by atoms with Crippen molar-refractivity contribution in [3.05, 3.63) is 0 Å². The van der Waals surface area contributed by atoms with Gasteiger partial charge in [-0.3, -0.25) is 9.59 Å². The number of carbonyl (C=O) groups is 2. The van der Waals surface area contributed by atoms with E-state index in [1.807, 2.05) is 0 Å². The monoisotopic (exact) mass is 214 g/mol. The molecule has 1 saturated heterocycles. The van der Waals surface area contributed by atoms with Crippen LogP contribution >= 0.6 is 11.8 Å². The molecule has 1 heterocycles. The Kier molecular flexibility index (Phi) is 2.56. The number of carboxylic acid groups (broad SMARTS) is 1. The van der Waals surface area contributed by atoms with Crippen LogP contribution in [0.2, 0.25) is 0 Å².